The third-order valence-electron chi connectivity index (χ3n) is 8.96. The van der Waals surface area contributed by atoms with Gasteiger partial charge in [-0.2, -0.15) is 0 Å². The van der Waals surface area contributed by atoms with E-state index in [1.807, 2.05) is 0 Å². The highest BCUT2D eigenvalue weighted by molar-refractivity contribution is 7.80. The zero-order chi connectivity index (χ0) is 29.5. The van der Waals surface area contributed by atoms with Gasteiger partial charge in [-0.1, -0.05) is 135 Å². The second kappa shape index (κ2) is 14.0. The van der Waals surface area contributed by atoms with Crippen LogP contribution in [0.4, 0.5) is 0 Å². The molecule has 0 radical (unpaired) electrons. The van der Waals surface area contributed by atoms with Crippen LogP contribution in [-0.2, 0) is 0 Å². The number of likely N-dealkylation sites (N-methyl/N-ethyl adjacent to an activating group) is 1. The Kier molecular flexibility index (Phi) is 10.1. The van der Waals surface area contributed by atoms with Crippen molar-refractivity contribution < 1.29 is 0 Å². The number of nitrogens with one attached hydrogen (secondary N) is 2. The summed E-state index contributed by atoms with van der Waals surface area (Å²) in [7, 11) is 3.75. The Bertz CT molecular complexity index is 1360. The summed E-state index contributed by atoms with van der Waals surface area (Å²) < 4.78 is 0. The highest BCUT2D eigenvalue weighted by atomic mass is 32.1. The van der Waals surface area contributed by atoms with Crippen LogP contribution in [0.1, 0.15) is 56.3 Å². The van der Waals surface area contributed by atoms with E-state index in [-0.39, 0.29) is 23.3 Å². The van der Waals surface area contributed by atoms with Gasteiger partial charge in [0.15, 0.2) is 5.11 Å². The molecule has 0 spiro atoms. The molecule has 0 heterocycles. The van der Waals surface area contributed by atoms with Gasteiger partial charge in [0.1, 0.15) is 0 Å². The van der Waals surface area contributed by atoms with E-state index >= 15 is 0 Å². The zero-order valence-electron chi connectivity index (χ0n) is 25.3. The third-order valence-corrected chi connectivity index (χ3v) is 12.4. The van der Waals surface area contributed by atoms with Crippen molar-refractivity contribution in [1.29, 1.82) is 0 Å². The summed E-state index contributed by atoms with van der Waals surface area (Å²) in [6, 6.07) is 44.1. The van der Waals surface area contributed by atoms with Gasteiger partial charge in [0.25, 0.3) is 0 Å². The molecule has 4 aromatic carbocycles. The van der Waals surface area contributed by atoms with Gasteiger partial charge in [-0.05, 0) is 81.7 Å². The van der Waals surface area contributed by atoms with E-state index < -0.39 is 7.92 Å². The molecule has 4 aromatic rings. The van der Waals surface area contributed by atoms with Gasteiger partial charge in [-0.25, -0.2) is 0 Å². The second-order valence-electron chi connectivity index (χ2n) is 12.0. The molecule has 218 valence electrons. The maximum absolute atomic E-state index is 6.09. The Balaban J connectivity index is 1.40. The van der Waals surface area contributed by atoms with E-state index in [9.17, 15) is 0 Å². The molecule has 5 heteroatoms. The second-order valence-corrected chi connectivity index (χ2v) is 15.1. The van der Waals surface area contributed by atoms with Gasteiger partial charge in [0, 0.05) is 11.2 Å². The molecule has 1 aliphatic carbocycles. The van der Waals surface area contributed by atoms with Crippen LogP contribution >= 0.6 is 20.1 Å². The SMILES string of the molecule is C[C@@H](NC(=S)N[C@@H](c1ccccc1)[C@H](c1ccccc1)N(C)C)[C@@H]1CCCC1(C)P(c1ccccc1)c1ccccc1. The number of nitrogens with zero attached hydrogens (tertiary/aromatic N) is 1. The summed E-state index contributed by atoms with van der Waals surface area (Å²) >= 11 is 6.09. The Morgan fingerprint density at radius 3 is 1.74 bits per heavy atom. The van der Waals surface area contributed by atoms with Crippen molar-refractivity contribution in [3.8, 4) is 0 Å². The minimum Gasteiger partial charge on any atom is -0.360 e. The Hall–Kier alpha value is -3.04. The molecule has 5 rings (SSSR count). The van der Waals surface area contributed by atoms with Crippen LogP contribution < -0.4 is 21.2 Å². The Labute approximate surface area is 259 Å². The van der Waals surface area contributed by atoms with Crippen LogP contribution in [0.2, 0.25) is 0 Å². The number of benzene rings is 4. The molecule has 2 N–H and O–H groups in total. The molecule has 1 unspecified atom stereocenters. The van der Waals surface area contributed by atoms with Gasteiger partial charge in [-0.3, -0.25) is 0 Å². The van der Waals surface area contributed by atoms with E-state index in [4.69, 9.17) is 12.2 Å². The summed E-state index contributed by atoms with van der Waals surface area (Å²) in [6.07, 6.45) is 3.68. The Morgan fingerprint density at radius 2 is 1.24 bits per heavy atom. The van der Waals surface area contributed by atoms with Crippen LogP contribution in [0, 0.1) is 5.92 Å². The standard InChI is InChI=1S/C37H44N3PS/c1-28(33-26-17-27-37(33,2)41(31-22-13-7-14-23-31)32-24-15-8-16-25-32)38-36(42)39-34(29-18-9-5-10-19-29)35(40(3)4)30-20-11-6-12-21-30/h5-16,18-25,28,33-35H,17,26-27H2,1-4H3,(H2,38,39,42)/t28-,33+,34+,35+,37?/m1/s1. The molecule has 42 heavy (non-hydrogen) atoms. The van der Waals surface area contributed by atoms with Crippen LogP contribution in [0.3, 0.4) is 0 Å². The molecule has 0 aromatic heterocycles. The first-order valence-electron chi connectivity index (χ1n) is 15.1. The lowest BCUT2D eigenvalue weighted by Gasteiger charge is -2.43. The summed E-state index contributed by atoms with van der Waals surface area (Å²) in [6.45, 7) is 4.87. The van der Waals surface area contributed by atoms with Crippen LogP contribution in [0.25, 0.3) is 0 Å². The average Bonchev–Trinajstić information content (AvgIpc) is 3.40. The maximum Gasteiger partial charge on any atom is 0.167 e. The van der Waals surface area contributed by atoms with Gasteiger partial charge in [0.2, 0.25) is 0 Å². The highest BCUT2D eigenvalue weighted by Gasteiger charge is 2.48. The van der Waals surface area contributed by atoms with Crippen LogP contribution in [0.5, 0.6) is 0 Å². The third kappa shape index (κ3) is 6.78. The first-order valence-corrected chi connectivity index (χ1v) is 16.9. The molecular weight excluding hydrogens is 549 g/mol. The first kappa shape index (κ1) is 30.4. The summed E-state index contributed by atoms with van der Waals surface area (Å²) in [4.78, 5) is 2.28. The fraction of sp³-hybridized carbons (Fsp3) is 0.324. The van der Waals surface area contributed by atoms with Crippen LogP contribution in [-0.4, -0.2) is 35.3 Å². The number of hydrogen-bond donors (Lipinski definition) is 2. The normalized spacial score (nSPS) is 20.7. The molecule has 0 amide bonds. The minimum absolute atomic E-state index is 0.00322. The van der Waals surface area contributed by atoms with Crippen molar-refractivity contribution in [3.05, 3.63) is 132 Å². The monoisotopic (exact) mass is 593 g/mol. The van der Waals surface area contributed by atoms with Crippen molar-refractivity contribution in [1.82, 2.24) is 15.5 Å². The van der Waals surface area contributed by atoms with Gasteiger partial charge in [-0.15, -0.1) is 0 Å². The number of rotatable bonds is 10. The average molecular weight is 594 g/mol. The lowest BCUT2D eigenvalue weighted by atomic mass is 9.90. The Morgan fingerprint density at radius 1 is 0.762 bits per heavy atom. The molecule has 1 aliphatic rings. The summed E-state index contributed by atoms with van der Waals surface area (Å²) in [5, 5.41) is 11.4. The first-order chi connectivity index (χ1) is 20.4. The summed E-state index contributed by atoms with van der Waals surface area (Å²) in [5.74, 6) is 0.498. The summed E-state index contributed by atoms with van der Waals surface area (Å²) in [5.41, 5.74) is 2.48. The van der Waals surface area contributed by atoms with Crippen molar-refractivity contribution in [3.63, 3.8) is 0 Å². The van der Waals surface area contributed by atoms with Crippen molar-refractivity contribution in [2.75, 3.05) is 14.1 Å². The van der Waals surface area contributed by atoms with Gasteiger partial charge < -0.3 is 15.5 Å². The van der Waals surface area contributed by atoms with Crippen molar-refractivity contribution >= 4 is 35.9 Å². The number of thiocarbonyl (C=S) groups is 1. The van der Waals surface area contributed by atoms with E-state index in [2.05, 4.69) is 165 Å². The van der Waals surface area contributed by atoms with Gasteiger partial charge in [0.05, 0.1) is 12.1 Å². The fourth-order valence-corrected chi connectivity index (χ4v) is 10.9. The molecule has 1 saturated carbocycles. The topological polar surface area (TPSA) is 27.3 Å². The fourth-order valence-electron chi connectivity index (χ4n) is 7.07. The molecule has 0 saturated heterocycles. The highest BCUT2D eigenvalue weighted by Crippen LogP contribution is 2.59. The molecule has 1 fully saturated rings. The minimum atomic E-state index is -0.543. The van der Waals surface area contributed by atoms with E-state index in [1.54, 1.807) is 0 Å². The lowest BCUT2D eigenvalue weighted by Crippen LogP contribution is -2.51. The molecule has 5 atom stereocenters. The molecular formula is C37H44N3PS. The molecule has 0 aliphatic heterocycles. The largest absolute Gasteiger partial charge is 0.360 e. The number of hydrogen-bond acceptors (Lipinski definition) is 2. The van der Waals surface area contributed by atoms with E-state index in [1.165, 1.54) is 41.0 Å². The van der Waals surface area contributed by atoms with E-state index in [0.717, 1.165) is 5.11 Å². The maximum atomic E-state index is 6.09. The predicted molar refractivity (Wildman–Crippen MR) is 185 cm³/mol. The predicted octanol–water partition coefficient (Wildman–Crippen LogP) is 7.57. The van der Waals surface area contributed by atoms with E-state index in [0.29, 0.717) is 5.92 Å². The smallest absolute Gasteiger partial charge is 0.167 e. The van der Waals surface area contributed by atoms with Crippen molar-refractivity contribution in [2.24, 2.45) is 5.92 Å². The zero-order valence-corrected chi connectivity index (χ0v) is 27.0. The van der Waals surface area contributed by atoms with Crippen LogP contribution in [0.15, 0.2) is 121 Å². The van der Waals surface area contributed by atoms with Gasteiger partial charge >= 0.3 is 0 Å². The molecule has 3 nitrogen and oxygen atoms in total. The lowest BCUT2D eigenvalue weighted by molar-refractivity contribution is 0.246. The molecule has 0 bridgehead atoms. The van der Waals surface area contributed by atoms with Crippen molar-refractivity contribution in [2.45, 2.75) is 56.4 Å². The quantitative estimate of drug-likeness (QED) is 0.147.